The van der Waals surface area contributed by atoms with Crippen molar-refractivity contribution in [3.63, 3.8) is 0 Å². The maximum Gasteiger partial charge on any atom is 0.258 e. The van der Waals surface area contributed by atoms with Crippen LogP contribution in [0.15, 0.2) is 48.5 Å². The highest BCUT2D eigenvalue weighted by Gasteiger charge is 2.39. The van der Waals surface area contributed by atoms with E-state index in [2.05, 4.69) is 26.8 Å². The number of amides is 1. The molecule has 3 rings (SSSR count). The number of anilines is 1. The zero-order valence-electron chi connectivity index (χ0n) is 13.1. The molecule has 0 N–H and O–H groups in total. The highest BCUT2D eigenvalue weighted by molar-refractivity contribution is 6.30. The van der Waals surface area contributed by atoms with E-state index >= 15 is 0 Å². The van der Waals surface area contributed by atoms with E-state index in [0.29, 0.717) is 16.5 Å². The number of carbonyl (C=O) groups is 1. The third-order valence-corrected chi connectivity index (χ3v) is 4.67. The zero-order chi connectivity index (χ0) is 15.9. The molecular weight excluding hydrogens is 294 g/mol. The van der Waals surface area contributed by atoms with Crippen molar-refractivity contribution in [1.29, 1.82) is 0 Å². The number of halogens is 1. The fourth-order valence-corrected chi connectivity index (χ4v) is 3.62. The summed E-state index contributed by atoms with van der Waals surface area (Å²) in [5, 5.41) is 0.642. The van der Waals surface area contributed by atoms with Gasteiger partial charge < -0.3 is 4.90 Å². The Kier molecular flexibility index (Phi) is 3.73. The summed E-state index contributed by atoms with van der Waals surface area (Å²) in [7, 11) is 0. The minimum Gasteiger partial charge on any atom is -0.303 e. The number of hydrogen-bond acceptors (Lipinski definition) is 1. The van der Waals surface area contributed by atoms with Crippen LogP contribution in [0.4, 0.5) is 5.69 Å². The highest BCUT2D eigenvalue weighted by Crippen LogP contribution is 2.43. The van der Waals surface area contributed by atoms with Gasteiger partial charge in [0.05, 0.1) is 0 Å². The van der Waals surface area contributed by atoms with Gasteiger partial charge in [-0.3, -0.25) is 4.79 Å². The molecule has 2 nitrogen and oxygen atoms in total. The van der Waals surface area contributed by atoms with Crippen molar-refractivity contribution in [2.75, 3.05) is 4.90 Å². The number of nitrogens with zero attached hydrogens (tertiary/aromatic N) is 1. The molecule has 3 heteroatoms. The molecule has 0 saturated carbocycles. The Balaban J connectivity index is 2.09. The minimum absolute atomic E-state index is 0.0287. The molecule has 0 radical (unpaired) electrons. The standard InChI is InChI=1S/C19H20ClNO/c1-13-12-19(2,3)21(17-7-5-4-6-16(13)17)18(22)14-8-10-15(20)11-9-14/h4-11,13H,12H2,1-3H3/t13-/m0/s1. The SMILES string of the molecule is C[C@H]1CC(C)(C)N(C(=O)c2ccc(Cl)cc2)c2ccccc21. The van der Waals surface area contributed by atoms with Gasteiger partial charge in [-0.2, -0.15) is 0 Å². The summed E-state index contributed by atoms with van der Waals surface area (Å²) in [6.07, 6.45) is 0.948. The van der Waals surface area contributed by atoms with Gasteiger partial charge in [-0.1, -0.05) is 36.7 Å². The molecule has 1 amide bonds. The van der Waals surface area contributed by atoms with Crippen molar-refractivity contribution in [1.82, 2.24) is 0 Å². The fourth-order valence-electron chi connectivity index (χ4n) is 3.49. The molecule has 0 aromatic heterocycles. The molecule has 2 aromatic carbocycles. The number of rotatable bonds is 1. The summed E-state index contributed by atoms with van der Waals surface area (Å²) >= 11 is 5.93. The Morgan fingerprint density at radius 2 is 1.77 bits per heavy atom. The van der Waals surface area contributed by atoms with Crippen molar-refractivity contribution in [2.24, 2.45) is 0 Å². The fraction of sp³-hybridized carbons (Fsp3) is 0.316. The smallest absolute Gasteiger partial charge is 0.258 e. The Morgan fingerprint density at radius 3 is 2.45 bits per heavy atom. The van der Waals surface area contributed by atoms with Crippen molar-refractivity contribution < 1.29 is 4.79 Å². The van der Waals surface area contributed by atoms with E-state index in [1.165, 1.54) is 5.56 Å². The lowest BCUT2D eigenvalue weighted by Gasteiger charge is -2.46. The largest absolute Gasteiger partial charge is 0.303 e. The molecule has 2 aromatic rings. The second kappa shape index (κ2) is 5.44. The van der Waals surface area contributed by atoms with E-state index in [1.807, 2.05) is 23.1 Å². The van der Waals surface area contributed by atoms with E-state index in [4.69, 9.17) is 11.6 Å². The first-order valence-corrected chi connectivity index (χ1v) is 7.97. The molecule has 114 valence electrons. The highest BCUT2D eigenvalue weighted by atomic mass is 35.5. The Morgan fingerprint density at radius 1 is 1.14 bits per heavy atom. The van der Waals surface area contributed by atoms with E-state index in [9.17, 15) is 4.79 Å². The second-order valence-corrected chi connectivity index (χ2v) is 7.06. The monoisotopic (exact) mass is 313 g/mol. The number of fused-ring (bicyclic) bond motifs is 1. The summed E-state index contributed by atoms with van der Waals surface area (Å²) in [5.41, 5.74) is 2.71. The lowest BCUT2D eigenvalue weighted by atomic mass is 9.80. The van der Waals surface area contributed by atoms with Gasteiger partial charge in [0, 0.05) is 21.8 Å². The van der Waals surface area contributed by atoms with Crippen LogP contribution in [-0.2, 0) is 0 Å². The maximum atomic E-state index is 13.1. The average Bonchev–Trinajstić information content (AvgIpc) is 2.47. The molecule has 0 fully saturated rings. The lowest BCUT2D eigenvalue weighted by molar-refractivity contribution is 0.0954. The topological polar surface area (TPSA) is 20.3 Å². The van der Waals surface area contributed by atoms with Crippen LogP contribution in [0.5, 0.6) is 0 Å². The number of hydrogen-bond donors (Lipinski definition) is 0. The zero-order valence-corrected chi connectivity index (χ0v) is 13.9. The predicted octanol–water partition coefficient (Wildman–Crippen LogP) is 5.27. The van der Waals surface area contributed by atoms with Crippen molar-refractivity contribution in [3.8, 4) is 0 Å². The molecule has 0 saturated heterocycles. The van der Waals surface area contributed by atoms with Crippen molar-refractivity contribution in [3.05, 3.63) is 64.7 Å². The molecule has 1 heterocycles. The number of para-hydroxylation sites is 1. The van der Waals surface area contributed by atoms with Crippen molar-refractivity contribution >= 4 is 23.2 Å². The molecule has 0 spiro atoms. The summed E-state index contributed by atoms with van der Waals surface area (Å²) in [6, 6.07) is 15.3. The number of carbonyl (C=O) groups excluding carboxylic acids is 1. The Hall–Kier alpha value is -1.80. The van der Waals surface area contributed by atoms with Crippen LogP contribution in [0.3, 0.4) is 0 Å². The van der Waals surface area contributed by atoms with Crippen molar-refractivity contribution in [2.45, 2.75) is 38.6 Å². The summed E-state index contributed by atoms with van der Waals surface area (Å²) in [6.45, 7) is 6.49. The molecule has 1 atom stereocenters. The Labute approximate surface area is 136 Å². The van der Waals surface area contributed by atoms with Gasteiger partial charge in [0.25, 0.3) is 5.91 Å². The molecule has 0 bridgehead atoms. The van der Waals surface area contributed by atoms with Crippen LogP contribution in [0.2, 0.25) is 5.02 Å². The normalized spacial score (nSPS) is 19.6. The summed E-state index contributed by atoms with van der Waals surface area (Å²) in [5.74, 6) is 0.474. The molecular formula is C19H20ClNO. The molecule has 0 unspecified atom stereocenters. The lowest BCUT2D eigenvalue weighted by Crippen LogP contribution is -2.51. The first-order valence-electron chi connectivity index (χ1n) is 7.59. The predicted molar refractivity (Wildman–Crippen MR) is 91.8 cm³/mol. The Bertz CT molecular complexity index is 706. The first-order chi connectivity index (χ1) is 10.4. The third-order valence-electron chi connectivity index (χ3n) is 4.41. The molecule has 22 heavy (non-hydrogen) atoms. The van der Waals surface area contributed by atoms with E-state index in [0.717, 1.165) is 12.1 Å². The molecule has 1 aliphatic rings. The van der Waals surface area contributed by atoms with E-state index in [1.54, 1.807) is 24.3 Å². The van der Waals surface area contributed by atoms with Gasteiger partial charge >= 0.3 is 0 Å². The third kappa shape index (κ3) is 2.52. The van der Waals surface area contributed by atoms with Crippen LogP contribution < -0.4 is 4.90 Å². The second-order valence-electron chi connectivity index (χ2n) is 6.62. The van der Waals surface area contributed by atoms with Crippen LogP contribution in [-0.4, -0.2) is 11.4 Å². The van der Waals surface area contributed by atoms with Gasteiger partial charge in [0.15, 0.2) is 0 Å². The van der Waals surface area contributed by atoms with Crippen LogP contribution in [0, 0.1) is 0 Å². The summed E-state index contributed by atoms with van der Waals surface area (Å²) in [4.78, 5) is 15.0. The molecule has 1 aliphatic heterocycles. The maximum absolute atomic E-state index is 13.1. The average molecular weight is 314 g/mol. The number of benzene rings is 2. The van der Waals surface area contributed by atoms with Gasteiger partial charge in [-0.25, -0.2) is 0 Å². The van der Waals surface area contributed by atoms with E-state index < -0.39 is 0 Å². The minimum atomic E-state index is -0.218. The van der Waals surface area contributed by atoms with Crippen LogP contribution >= 0.6 is 11.6 Å². The van der Waals surface area contributed by atoms with Gasteiger partial charge in [-0.15, -0.1) is 0 Å². The summed E-state index contributed by atoms with van der Waals surface area (Å²) < 4.78 is 0. The quantitative estimate of drug-likeness (QED) is 0.702. The van der Waals surface area contributed by atoms with Crippen LogP contribution in [0.25, 0.3) is 0 Å². The first kappa shape index (κ1) is 15.1. The van der Waals surface area contributed by atoms with Gasteiger partial charge in [-0.05, 0) is 62.1 Å². The van der Waals surface area contributed by atoms with Gasteiger partial charge in [0.1, 0.15) is 0 Å². The van der Waals surface area contributed by atoms with E-state index in [-0.39, 0.29) is 11.4 Å². The molecule has 0 aliphatic carbocycles. The van der Waals surface area contributed by atoms with Gasteiger partial charge in [0.2, 0.25) is 0 Å². The van der Waals surface area contributed by atoms with Crippen LogP contribution in [0.1, 0.15) is 49.0 Å².